The lowest BCUT2D eigenvalue weighted by Crippen LogP contribution is -2.44. The van der Waals surface area contributed by atoms with Crippen molar-refractivity contribution in [3.63, 3.8) is 0 Å². The topological polar surface area (TPSA) is 348 Å². The minimum Gasteiger partial charge on any atom is -0.504 e. The maximum absolute atomic E-state index is 13.1. The van der Waals surface area contributed by atoms with Crippen molar-refractivity contribution in [2.45, 2.75) is 6.23 Å². The third kappa shape index (κ3) is 11.8. The third-order valence-corrected chi connectivity index (χ3v) is 9.99. The molecule has 64 heavy (non-hydrogen) atoms. The molecular weight excluding hydrogens is 844 g/mol. The number of carbonyl (C=O) groups is 6. The summed E-state index contributed by atoms with van der Waals surface area (Å²) in [7, 11) is 0. The Morgan fingerprint density at radius 2 is 0.984 bits per heavy atom. The van der Waals surface area contributed by atoms with Gasteiger partial charge in [-0.15, -0.1) is 4.73 Å². The minimum absolute atomic E-state index is 0.0104. The van der Waals surface area contributed by atoms with Crippen LogP contribution in [0.1, 0.15) is 51.9 Å². The Hall–Kier alpha value is -7.67. The number of hydrogen-bond donors (Lipinski definition) is 13. The zero-order chi connectivity index (χ0) is 46.5. The summed E-state index contributed by atoms with van der Waals surface area (Å²) in [5.74, 6) is -8.23. The van der Waals surface area contributed by atoms with Crippen molar-refractivity contribution in [2.24, 2.45) is 0 Å². The summed E-state index contributed by atoms with van der Waals surface area (Å²) in [6, 6.07) is 8.13. The number of amides is 6. The monoisotopic (exact) mass is 892 g/mol. The van der Waals surface area contributed by atoms with Crippen molar-refractivity contribution in [2.75, 3.05) is 78.5 Å². The summed E-state index contributed by atoms with van der Waals surface area (Å²) in [5.41, 5.74) is -2.80. The maximum Gasteiger partial charge on any atom is 0.283 e. The van der Waals surface area contributed by atoms with Crippen LogP contribution in [0.15, 0.2) is 71.2 Å². The quantitative estimate of drug-likeness (QED) is 0.0800. The second-order valence-corrected chi connectivity index (χ2v) is 14.2. The van der Waals surface area contributed by atoms with E-state index in [0.717, 1.165) is 30.3 Å². The Kier molecular flexibility index (Phi) is 16.2. The summed E-state index contributed by atoms with van der Waals surface area (Å²) >= 11 is 0. The molecule has 0 spiro atoms. The second-order valence-electron chi connectivity index (χ2n) is 14.2. The summed E-state index contributed by atoms with van der Waals surface area (Å²) in [4.78, 5) is 93.0. The molecule has 1 unspecified atom stereocenters. The molecule has 0 saturated heterocycles. The molecule has 0 saturated carbocycles. The van der Waals surface area contributed by atoms with Crippen LogP contribution in [-0.2, 0) is 4.79 Å². The van der Waals surface area contributed by atoms with E-state index in [0.29, 0.717) is 5.06 Å². The molecule has 5 aliphatic heterocycles. The number of allylic oxidation sites excluding steroid dienone is 2. The van der Waals surface area contributed by atoms with Gasteiger partial charge in [-0.25, -0.2) is 5.06 Å². The predicted octanol–water partition coefficient (Wildman–Crippen LogP) is -2.85. The van der Waals surface area contributed by atoms with Crippen molar-refractivity contribution < 1.29 is 64.7 Å². The molecule has 0 fully saturated rings. The number of pyridine rings is 1. The fraction of sp³-hybridized carbons (Fsp3) is 0.325. The van der Waals surface area contributed by atoms with Crippen LogP contribution in [0.5, 0.6) is 23.0 Å². The number of phenolic OH excluding ortho intramolecular Hbond substituents is 4. The van der Waals surface area contributed by atoms with E-state index in [1.807, 2.05) is 0 Å². The molecule has 6 amide bonds. The fourth-order valence-corrected chi connectivity index (χ4v) is 6.47. The number of benzene rings is 2. The van der Waals surface area contributed by atoms with E-state index < -0.39 is 70.2 Å². The van der Waals surface area contributed by atoms with Gasteiger partial charge in [0.1, 0.15) is 11.4 Å². The number of aromatic nitrogens is 1. The number of carbonyl (C=O) groups excluding carboxylic acids is 6. The van der Waals surface area contributed by atoms with Gasteiger partial charge >= 0.3 is 0 Å². The van der Waals surface area contributed by atoms with Crippen LogP contribution in [0.2, 0.25) is 0 Å². The average Bonchev–Trinajstić information content (AvgIpc) is 3.26. The number of aromatic hydroxyl groups is 4. The van der Waals surface area contributed by atoms with Crippen molar-refractivity contribution in [3.8, 4) is 23.0 Å². The Balaban J connectivity index is 1.31. The first-order valence-electron chi connectivity index (χ1n) is 19.8. The van der Waals surface area contributed by atoms with E-state index in [1.165, 1.54) is 30.4 Å². The maximum atomic E-state index is 13.1. The van der Waals surface area contributed by atoms with Crippen molar-refractivity contribution in [3.05, 3.63) is 105 Å². The average molecular weight is 893 g/mol. The number of aliphatic hydroxyl groups is 1. The van der Waals surface area contributed by atoms with Crippen LogP contribution in [0.25, 0.3) is 0 Å². The first-order chi connectivity index (χ1) is 30.6. The summed E-state index contributed by atoms with van der Waals surface area (Å²) in [5, 5.41) is 88.6. The van der Waals surface area contributed by atoms with E-state index in [9.17, 15) is 69.5 Å². The summed E-state index contributed by atoms with van der Waals surface area (Å²) in [6.07, 6.45) is 2.50. The van der Waals surface area contributed by atoms with Gasteiger partial charge in [0.05, 0.1) is 22.3 Å². The molecule has 0 aliphatic carbocycles. The van der Waals surface area contributed by atoms with Gasteiger partial charge in [-0.1, -0.05) is 12.1 Å². The molecule has 8 rings (SSSR count). The van der Waals surface area contributed by atoms with Gasteiger partial charge in [-0.3, -0.25) is 48.6 Å². The standard InChI is InChI=1S/C40H48N10O14/c51-29-5-1-3-27(49(29)63)39(61)45-15-21-47-17-11-41-35(57)23-7-9-25(33(55)31(23)53)37(59)43-13-19-48(22-16-46-40(62)28-4-2-6-30(52)50(28)64)20-14-44-38(60)26-10-8-24(32(54)34(26)56)36(58)42-12-18-47/h1-10,29,51,53-56,63-64H,11-22H2,(H,41,57)(H,42,58)(H,43,59)(H,44,60)(H,45,61)(H,46,62). The van der Waals surface area contributed by atoms with Gasteiger partial charge in [-0.2, -0.15) is 0 Å². The van der Waals surface area contributed by atoms with Gasteiger partial charge in [0.25, 0.3) is 41.0 Å². The second kappa shape index (κ2) is 21.9. The highest BCUT2D eigenvalue weighted by Gasteiger charge is 2.25. The van der Waals surface area contributed by atoms with Gasteiger partial charge in [0.2, 0.25) is 0 Å². The molecule has 1 aromatic heterocycles. The molecule has 342 valence electrons. The van der Waals surface area contributed by atoms with Crippen LogP contribution >= 0.6 is 0 Å². The Morgan fingerprint density at radius 1 is 0.594 bits per heavy atom. The van der Waals surface area contributed by atoms with E-state index in [-0.39, 0.29) is 117 Å². The molecule has 3 aromatic rings. The first-order valence-corrected chi connectivity index (χ1v) is 19.8. The number of hydroxylamine groups is 2. The molecule has 4 bridgehead atoms. The molecule has 24 heteroatoms. The zero-order valence-corrected chi connectivity index (χ0v) is 34.1. The highest BCUT2D eigenvalue weighted by molar-refractivity contribution is 6.04. The number of rotatable bonds is 8. The number of nitrogens with one attached hydrogen (secondary N) is 6. The van der Waals surface area contributed by atoms with Gasteiger partial charge < -0.3 is 62.6 Å². The molecule has 1 atom stereocenters. The largest absolute Gasteiger partial charge is 0.504 e. The van der Waals surface area contributed by atoms with Gasteiger partial charge in [-0.05, 0) is 42.5 Å². The third-order valence-electron chi connectivity index (χ3n) is 9.99. The smallest absolute Gasteiger partial charge is 0.283 e. The van der Waals surface area contributed by atoms with Gasteiger partial charge in [0, 0.05) is 84.6 Å². The molecule has 5 aliphatic rings. The van der Waals surface area contributed by atoms with E-state index in [1.54, 1.807) is 9.80 Å². The molecule has 0 radical (unpaired) electrons. The summed E-state index contributed by atoms with van der Waals surface area (Å²) in [6.45, 7) is 0.254. The number of nitrogens with zero attached hydrogens (tertiary/aromatic N) is 4. The lowest BCUT2D eigenvalue weighted by atomic mass is 10.1. The highest BCUT2D eigenvalue weighted by Crippen LogP contribution is 2.33. The van der Waals surface area contributed by atoms with E-state index in [4.69, 9.17) is 0 Å². The Bertz CT molecular complexity index is 2290. The van der Waals surface area contributed by atoms with Crippen LogP contribution in [0.4, 0.5) is 0 Å². The van der Waals surface area contributed by atoms with Crippen LogP contribution in [-0.4, -0.2) is 176 Å². The van der Waals surface area contributed by atoms with Crippen LogP contribution in [0, 0.1) is 0 Å². The van der Waals surface area contributed by atoms with E-state index >= 15 is 0 Å². The van der Waals surface area contributed by atoms with Crippen LogP contribution in [0.3, 0.4) is 0 Å². The lowest BCUT2D eigenvalue weighted by molar-refractivity contribution is -0.159. The SMILES string of the molecule is O=C(NCCN1CCNC(=O)c2ccc(c(O)c2O)C(=O)NCCN(CCNC(=O)c2cccc(=O)n2O)CCNC(=O)c2ccc(c(O)c2O)C(=O)NCC1)C1=CC=CC(O)N1O. The zero-order valence-electron chi connectivity index (χ0n) is 34.1. The summed E-state index contributed by atoms with van der Waals surface area (Å²) < 4.78 is 0.186. The fourth-order valence-electron chi connectivity index (χ4n) is 6.47. The normalized spacial score (nSPS) is 17.5. The van der Waals surface area contributed by atoms with Crippen LogP contribution < -0.4 is 37.5 Å². The molecular formula is C40H48N10O14. The van der Waals surface area contributed by atoms with Crippen molar-refractivity contribution >= 4 is 35.4 Å². The van der Waals surface area contributed by atoms with Crippen molar-refractivity contribution in [1.82, 2.24) is 51.5 Å². The first kappa shape index (κ1) is 47.4. The van der Waals surface area contributed by atoms with Crippen molar-refractivity contribution in [1.29, 1.82) is 0 Å². The molecule has 24 nitrogen and oxygen atoms in total. The Labute approximate surface area is 363 Å². The van der Waals surface area contributed by atoms with Gasteiger partial charge in [0.15, 0.2) is 29.2 Å². The lowest BCUT2D eigenvalue weighted by Gasteiger charge is -2.26. The number of phenols is 4. The number of aliphatic hydroxyl groups excluding tert-OH is 1. The van der Waals surface area contributed by atoms with E-state index in [2.05, 4.69) is 31.9 Å². The molecule has 6 heterocycles. The Morgan fingerprint density at radius 3 is 1.39 bits per heavy atom. The predicted molar refractivity (Wildman–Crippen MR) is 222 cm³/mol. The number of hydrogen-bond acceptors (Lipinski definition) is 17. The molecule has 13 N–H and O–H groups in total. The molecule has 2 aromatic carbocycles. The minimum atomic E-state index is -1.43. The highest BCUT2D eigenvalue weighted by atomic mass is 16.5.